The summed E-state index contributed by atoms with van der Waals surface area (Å²) < 4.78 is 16.6. The molecule has 2 aromatic rings. The highest BCUT2D eigenvalue weighted by Crippen LogP contribution is 2.45. The number of aliphatic imine (C=N–C) groups is 1. The zero-order chi connectivity index (χ0) is 25.5. The van der Waals surface area contributed by atoms with Crippen molar-refractivity contribution in [2.45, 2.75) is 26.3 Å². The van der Waals surface area contributed by atoms with Crippen molar-refractivity contribution < 1.29 is 23.8 Å². The zero-order valence-electron chi connectivity index (χ0n) is 20.5. The first-order chi connectivity index (χ1) is 17.5. The molecule has 9 heteroatoms. The first-order valence-electron chi connectivity index (χ1n) is 11.7. The Hall–Kier alpha value is -3.56. The topological polar surface area (TPSA) is 89.5 Å². The van der Waals surface area contributed by atoms with Gasteiger partial charge in [-0.05, 0) is 49.1 Å². The predicted octanol–water partition coefficient (Wildman–Crippen LogP) is 4.77. The molecule has 0 saturated heterocycles. The predicted molar refractivity (Wildman–Crippen MR) is 139 cm³/mol. The summed E-state index contributed by atoms with van der Waals surface area (Å²) in [6, 6.07) is 16.6. The van der Waals surface area contributed by atoms with E-state index < -0.39 is 12.0 Å². The number of hydrogen-bond acceptors (Lipinski definition) is 8. The van der Waals surface area contributed by atoms with Crippen LogP contribution in [0.2, 0.25) is 0 Å². The first kappa shape index (κ1) is 25.5. The van der Waals surface area contributed by atoms with Crippen molar-refractivity contribution in [1.82, 2.24) is 10.2 Å². The molecule has 0 bridgehead atoms. The Morgan fingerprint density at radius 1 is 1.08 bits per heavy atom. The second-order valence-corrected chi connectivity index (χ2v) is 8.98. The molecular formula is C27H29N3O5S. The van der Waals surface area contributed by atoms with Crippen LogP contribution in [0.4, 0.5) is 0 Å². The van der Waals surface area contributed by atoms with Crippen molar-refractivity contribution >= 4 is 28.8 Å². The lowest BCUT2D eigenvalue weighted by atomic mass is 9.93. The van der Waals surface area contributed by atoms with Crippen molar-refractivity contribution in [2.24, 2.45) is 4.99 Å². The second-order valence-electron chi connectivity index (χ2n) is 8.14. The minimum absolute atomic E-state index is 0.0963. The number of para-hydroxylation sites is 1. The van der Waals surface area contributed by atoms with E-state index in [9.17, 15) is 9.59 Å². The molecule has 0 aliphatic carbocycles. The number of rotatable bonds is 10. The molecule has 0 saturated carbocycles. The van der Waals surface area contributed by atoms with E-state index in [0.717, 1.165) is 11.3 Å². The van der Waals surface area contributed by atoms with Gasteiger partial charge in [-0.1, -0.05) is 42.1 Å². The van der Waals surface area contributed by atoms with E-state index >= 15 is 0 Å². The van der Waals surface area contributed by atoms with Crippen molar-refractivity contribution in [3.63, 3.8) is 0 Å². The number of benzene rings is 2. The smallest absolute Gasteiger partial charge is 0.338 e. The summed E-state index contributed by atoms with van der Waals surface area (Å²) in [5, 5.41) is 5.47. The number of fused-ring (bicyclic) bond motifs is 1. The molecule has 2 heterocycles. The van der Waals surface area contributed by atoms with Gasteiger partial charge in [-0.3, -0.25) is 4.79 Å². The summed E-state index contributed by atoms with van der Waals surface area (Å²) in [5.41, 5.74) is 2.57. The number of amides is 1. The van der Waals surface area contributed by atoms with Crippen LogP contribution in [0, 0.1) is 0 Å². The Kier molecular flexibility index (Phi) is 8.45. The number of allylic oxidation sites excluding steroid dienone is 1. The van der Waals surface area contributed by atoms with Gasteiger partial charge in [0, 0.05) is 19.4 Å². The molecule has 36 heavy (non-hydrogen) atoms. The number of hydrogen-bond donors (Lipinski definition) is 1. The van der Waals surface area contributed by atoms with Crippen LogP contribution in [-0.4, -0.2) is 48.8 Å². The molecule has 0 spiro atoms. The van der Waals surface area contributed by atoms with E-state index in [0.29, 0.717) is 41.1 Å². The van der Waals surface area contributed by atoms with E-state index in [1.807, 2.05) is 71.8 Å². The number of carbonyl (C=O) groups excluding carboxylic acids is 2. The number of esters is 1. The van der Waals surface area contributed by atoms with E-state index in [4.69, 9.17) is 14.2 Å². The van der Waals surface area contributed by atoms with Crippen LogP contribution in [0.1, 0.15) is 31.9 Å². The Morgan fingerprint density at radius 2 is 1.86 bits per heavy atom. The highest BCUT2D eigenvalue weighted by molar-refractivity contribution is 8.16. The number of amidine groups is 1. The Labute approximate surface area is 215 Å². The maximum Gasteiger partial charge on any atom is 0.338 e. The van der Waals surface area contributed by atoms with Crippen LogP contribution in [0.3, 0.4) is 0 Å². The van der Waals surface area contributed by atoms with Crippen molar-refractivity contribution in [1.29, 1.82) is 0 Å². The number of carbonyl (C=O) groups is 2. The monoisotopic (exact) mass is 507 g/mol. The normalized spacial score (nSPS) is 16.8. The molecule has 2 aromatic carbocycles. The fourth-order valence-corrected chi connectivity index (χ4v) is 5.00. The van der Waals surface area contributed by atoms with Crippen LogP contribution in [-0.2, 0) is 19.1 Å². The minimum Gasteiger partial charge on any atom is -0.460 e. The van der Waals surface area contributed by atoms with E-state index in [2.05, 4.69) is 10.3 Å². The summed E-state index contributed by atoms with van der Waals surface area (Å²) >= 11 is 1.44. The van der Waals surface area contributed by atoms with Gasteiger partial charge in [0.2, 0.25) is 5.91 Å². The largest absolute Gasteiger partial charge is 0.460 e. The van der Waals surface area contributed by atoms with Gasteiger partial charge in [-0.25, -0.2) is 9.79 Å². The summed E-state index contributed by atoms with van der Waals surface area (Å²) in [6.45, 7) is 4.64. The van der Waals surface area contributed by atoms with Gasteiger partial charge in [0.15, 0.2) is 5.17 Å². The van der Waals surface area contributed by atoms with Gasteiger partial charge in [-0.2, -0.15) is 0 Å². The molecule has 1 atom stereocenters. The van der Waals surface area contributed by atoms with E-state index in [-0.39, 0.29) is 18.9 Å². The standard InChI is InChI=1S/C27H29N3O5S/c1-4-28-23(31)16-20-17-36-27-29-18(2)24(26(32)34-14-13-33-3)25(30(20)27)19-9-8-12-22(15-19)35-21-10-6-5-7-11-21/h5-12,15,17,25H,4,13-14,16H2,1-3H3,(H,28,31)/t25-/m0/s1. The Bertz CT molecular complexity index is 1210. The molecule has 2 aliphatic rings. The number of nitrogens with one attached hydrogen (secondary N) is 1. The summed E-state index contributed by atoms with van der Waals surface area (Å²) in [7, 11) is 1.55. The van der Waals surface area contributed by atoms with Crippen LogP contribution in [0.5, 0.6) is 11.5 Å². The SMILES string of the molecule is CCNC(=O)CC1=CSC2=NC(C)=C(C(=O)OCCOC)[C@H](c3cccc(Oc4ccccc4)c3)N12. The van der Waals surface area contributed by atoms with Gasteiger partial charge < -0.3 is 24.4 Å². The van der Waals surface area contributed by atoms with Gasteiger partial charge in [0.25, 0.3) is 0 Å². The fourth-order valence-electron chi connectivity index (χ4n) is 4.04. The lowest BCUT2D eigenvalue weighted by molar-refractivity contribution is -0.141. The average Bonchev–Trinajstić information content (AvgIpc) is 3.25. The zero-order valence-corrected chi connectivity index (χ0v) is 21.3. The number of methoxy groups -OCH3 is 1. The van der Waals surface area contributed by atoms with Crippen molar-refractivity contribution in [2.75, 3.05) is 26.9 Å². The molecule has 1 amide bonds. The van der Waals surface area contributed by atoms with E-state index in [1.165, 1.54) is 11.8 Å². The third kappa shape index (κ3) is 5.80. The molecule has 0 aromatic heterocycles. The van der Waals surface area contributed by atoms with Crippen LogP contribution in [0.15, 0.2) is 82.0 Å². The van der Waals surface area contributed by atoms with Crippen LogP contribution in [0.25, 0.3) is 0 Å². The first-order valence-corrected chi connectivity index (χ1v) is 12.6. The maximum atomic E-state index is 13.3. The van der Waals surface area contributed by atoms with Gasteiger partial charge >= 0.3 is 5.97 Å². The third-order valence-electron chi connectivity index (χ3n) is 5.61. The molecule has 0 fully saturated rings. The lowest BCUT2D eigenvalue weighted by Crippen LogP contribution is -2.38. The summed E-state index contributed by atoms with van der Waals surface area (Å²) in [5.74, 6) is 0.774. The average molecular weight is 508 g/mol. The molecule has 4 rings (SSSR count). The maximum absolute atomic E-state index is 13.3. The Balaban J connectivity index is 1.72. The highest BCUT2D eigenvalue weighted by atomic mass is 32.2. The third-order valence-corrected chi connectivity index (χ3v) is 6.50. The fraction of sp³-hybridized carbons (Fsp3) is 0.296. The molecule has 188 valence electrons. The molecule has 0 radical (unpaired) electrons. The van der Waals surface area contributed by atoms with Crippen molar-refractivity contribution in [3.8, 4) is 11.5 Å². The number of ether oxygens (including phenoxy) is 3. The summed E-state index contributed by atoms with van der Waals surface area (Å²) in [6.07, 6.45) is 0.168. The quantitative estimate of drug-likeness (QED) is 0.366. The number of nitrogens with zero attached hydrogens (tertiary/aromatic N) is 2. The number of thioether (sulfide) groups is 1. The van der Waals surface area contributed by atoms with Crippen LogP contribution >= 0.6 is 11.8 Å². The van der Waals surface area contributed by atoms with Gasteiger partial charge in [-0.15, -0.1) is 0 Å². The van der Waals surface area contributed by atoms with Crippen LogP contribution < -0.4 is 10.1 Å². The molecule has 0 unspecified atom stereocenters. The summed E-state index contributed by atoms with van der Waals surface area (Å²) in [4.78, 5) is 32.4. The van der Waals surface area contributed by atoms with E-state index in [1.54, 1.807) is 14.0 Å². The molecular weight excluding hydrogens is 478 g/mol. The molecule has 8 nitrogen and oxygen atoms in total. The van der Waals surface area contributed by atoms with Crippen molar-refractivity contribution in [3.05, 3.63) is 82.5 Å². The highest BCUT2D eigenvalue weighted by Gasteiger charge is 2.41. The van der Waals surface area contributed by atoms with Gasteiger partial charge in [0.1, 0.15) is 18.1 Å². The minimum atomic E-state index is -0.539. The second kappa shape index (κ2) is 11.9. The molecule has 2 aliphatic heterocycles. The lowest BCUT2D eigenvalue weighted by Gasteiger charge is -2.36. The molecule has 1 N–H and O–H groups in total. The van der Waals surface area contributed by atoms with Gasteiger partial charge in [0.05, 0.1) is 30.3 Å². The Morgan fingerprint density at radius 3 is 2.61 bits per heavy atom.